The van der Waals surface area contributed by atoms with E-state index in [0.717, 1.165) is 0 Å². The maximum Gasteiger partial charge on any atom is 0.345 e. The van der Waals surface area contributed by atoms with Crippen LogP contribution in [0.5, 0.6) is 0 Å². The highest BCUT2D eigenvalue weighted by molar-refractivity contribution is 5.98. The van der Waals surface area contributed by atoms with Crippen molar-refractivity contribution in [2.45, 2.75) is 49.9 Å². The molecule has 0 bridgehead atoms. The van der Waals surface area contributed by atoms with Gasteiger partial charge in [0.2, 0.25) is 0 Å². The first-order chi connectivity index (χ1) is 18.1. The Kier molecular flexibility index (Phi) is 9.79. The molecule has 1 fully saturated rings. The van der Waals surface area contributed by atoms with Gasteiger partial charge in [0.1, 0.15) is 12.1 Å². The summed E-state index contributed by atoms with van der Waals surface area (Å²) in [5, 5.41) is 24.6. The summed E-state index contributed by atoms with van der Waals surface area (Å²) in [7, 11) is 0. The molecule has 0 heterocycles. The minimum absolute atomic E-state index is 0.132. The molecule has 200 valence electrons. The third-order valence-electron chi connectivity index (χ3n) is 5.87. The first-order valence-corrected chi connectivity index (χ1v) is 11.7. The van der Waals surface area contributed by atoms with E-state index in [2.05, 4.69) is 10.6 Å². The zero-order valence-corrected chi connectivity index (χ0v) is 20.1. The lowest BCUT2D eigenvalue weighted by Crippen LogP contribution is -2.62. The number of hydrogen-bond acceptors (Lipinski definition) is 10. The van der Waals surface area contributed by atoms with Crippen LogP contribution >= 0.6 is 0 Å². The molecule has 0 amide bonds. The quantitative estimate of drug-likeness (QED) is 0.229. The molecular formula is C26H26N2O10. The Hall–Kier alpha value is -4.42. The van der Waals surface area contributed by atoms with E-state index in [1.807, 2.05) is 0 Å². The molecule has 0 spiro atoms. The van der Waals surface area contributed by atoms with Crippen LogP contribution in [0.15, 0.2) is 60.7 Å². The Morgan fingerprint density at radius 1 is 0.658 bits per heavy atom. The lowest BCUT2D eigenvalue weighted by molar-refractivity contribution is -0.147. The van der Waals surface area contributed by atoms with E-state index in [4.69, 9.17) is 9.47 Å². The molecular weight excluding hydrogens is 500 g/mol. The molecule has 3 unspecified atom stereocenters. The minimum Gasteiger partial charge on any atom is -0.480 e. The Balaban J connectivity index is 1.52. The van der Waals surface area contributed by atoms with E-state index in [1.165, 1.54) is 24.3 Å². The fourth-order valence-electron chi connectivity index (χ4n) is 3.74. The van der Waals surface area contributed by atoms with Crippen LogP contribution in [0.3, 0.4) is 0 Å². The van der Waals surface area contributed by atoms with Gasteiger partial charge in [-0.2, -0.15) is 0 Å². The van der Waals surface area contributed by atoms with E-state index in [-0.39, 0.29) is 11.1 Å². The van der Waals surface area contributed by atoms with Gasteiger partial charge < -0.3 is 19.7 Å². The molecule has 3 rings (SSSR count). The van der Waals surface area contributed by atoms with Crippen molar-refractivity contribution >= 4 is 35.8 Å². The van der Waals surface area contributed by atoms with Gasteiger partial charge in [-0.15, -0.1) is 0 Å². The van der Waals surface area contributed by atoms with Crippen molar-refractivity contribution in [2.75, 3.05) is 0 Å². The van der Waals surface area contributed by atoms with Crippen LogP contribution in [0.25, 0.3) is 0 Å². The molecule has 0 aromatic heterocycles. The molecule has 12 nitrogen and oxygen atoms in total. The monoisotopic (exact) mass is 526 g/mol. The molecule has 12 heteroatoms. The number of aliphatic carboxylic acids is 2. The largest absolute Gasteiger partial charge is 0.480 e. The Bertz CT molecular complexity index is 1090. The number of carboxylic acid groups (broad SMARTS) is 2. The molecule has 4 N–H and O–H groups in total. The summed E-state index contributed by atoms with van der Waals surface area (Å²) < 4.78 is 9.45. The van der Waals surface area contributed by atoms with Crippen LogP contribution in [-0.4, -0.2) is 70.2 Å². The Morgan fingerprint density at radius 2 is 1.00 bits per heavy atom. The second-order valence-corrected chi connectivity index (χ2v) is 8.57. The summed E-state index contributed by atoms with van der Waals surface area (Å²) in [5.41, 5.74) is 0.264. The first-order valence-electron chi connectivity index (χ1n) is 11.7. The maximum atomic E-state index is 12.2. The molecule has 1 saturated carbocycles. The van der Waals surface area contributed by atoms with Crippen LogP contribution in [0.1, 0.15) is 46.4 Å². The summed E-state index contributed by atoms with van der Waals surface area (Å²) in [4.78, 5) is 71.8. The number of ether oxygens (including phenoxy) is 2. The van der Waals surface area contributed by atoms with Crippen molar-refractivity contribution in [1.82, 2.24) is 10.6 Å². The van der Waals surface area contributed by atoms with Crippen molar-refractivity contribution in [3.8, 4) is 0 Å². The molecule has 1 aliphatic carbocycles. The van der Waals surface area contributed by atoms with Gasteiger partial charge in [0, 0.05) is 12.1 Å². The lowest BCUT2D eigenvalue weighted by Gasteiger charge is -2.40. The summed E-state index contributed by atoms with van der Waals surface area (Å²) in [6, 6.07) is 11.6. The highest BCUT2D eigenvalue weighted by Gasteiger charge is 2.38. The number of rotatable bonds is 12. The average Bonchev–Trinajstić information content (AvgIpc) is 2.88. The number of carboxylic acids is 2. The molecule has 38 heavy (non-hydrogen) atoms. The van der Waals surface area contributed by atoms with Gasteiger partial charge in [-0.05, 0) is 37.1 Å². The number of carbonyl (C=O) groups excluding carboxylic acids is 4. The SMILES string of the molecule is O=C(CC(NC1CCC1N[C@@H](CC(=O)OC(=O)c1ccccc1)C(=O)O)C(=O)O)OC(=O)c1ccccc1. The number of esters is 4. The molecule has 0 saturated heterocycles. The van der Waals surface area contributed by atoms with Crippen molar-refractivity contribution in [3.63, 3.8) is 0 Å². The van der Waals surface area contributed by atoms with E-state index in [0.29, 0.717) is 12.8 Å². The zero-order chi connectivity index (χ0) is 27.7. The summed E-state index contributed by atoms with van der Waals surface area (Å²) in [6.45, 7) is 0. The minimum atomic E-state index is -1.41. The predicted octanol–water partition coefficient (Wildman–Crippen LogP) is 1.15. The maximum absolute atomic E-state index is 12.2. The van der Waals surface area contributed by atoms with Gasteiger partial charge >= 0.3 is 35.8 Å². The van der Waals surface area contributed by atoms with Gasteiger partial charge in [-0.1, -0.05) is 36.4 Å². The van der Waals surface area contributed by atoms with E-state index < -0.39 is 72.8 Å². The predicted molar refractivity (Wildman–Crippen MR) is 129 cm³/mol. The van der Waals surface area contributed by atoms with Gasteiger partial charge in [-0.3, -0.25) is 29.8 Å². The molecule has 4 atom stereocenters. The topological polar surface area (TPSA) is 185 Å². The summed E-state index contributed by atoms with van der Waals surface area (Å²) >= 11 is 0. The molecule has 0 radical (unpaired) electrons. The van der Waals surface area contributed by atoms with E-state index in [1.54, 1.807) is 36.4 Å². The van der Waals surface area contributed by atoms with Gasteiger partial charge in [0.05, 0.1) is 24.0 Å². The van der Waals surface area contributed by atoms with Crippen LogP contribution in [0, 0.1) is 0 Å². The fourth-order valence-corrected chi connectivity index (χ4v) is 3.74. The highest BCUT2D eigenvalue weighted by Crippen LogP contribution is 2.22. The normalized spacial score (nSPS) is 17.8. The average molecular weight is 526 g/mol. The van der Waals surface area contributed by atoms with E-state index >= 15 is 0 Å². The van der Waals surface area contributed by atoms with Crippen LogP contribution < -0.4 is 10.6 Å². The smallest absolute Gasteiger partial charge is 0.345 e. The van der Waals surface area contributed by atoms with Crippen LogP contribution in [-0.2, 0) is 28.7 Å². The number of hydrogen-bond donors (Lipinski definition) is 4. The van der Waals surface area contributed by atoms with Crippen molar-refractivity contribution < 1.29 is 48.5 Å². The zero-order valence-electron chi connectivity index (χ0n) is 20.1. The van der Waals surface area contributed by atoms with Crippen molar-refractivity contribution in [3.05, 3.63) is 71.8 Å². The Morgan fingerprint density at radius 3 is 1.29 bits per heavy atom. The lowest BCUT2D eigenvalue weighted by atomic mass is 9.84. The summed E-state index contributed by atoms with van der Waals surface area (Å²) in [6.07, 6.45) is -0.369. The molecule has 0 aliphatic heterocycles. The number of benzene rings is 2. The van der Waals surface area contributed by atoms with Gasteiger partial charge in [-0.25, -0.2) is 9.59 Å². The van der Waals surface area contributed by atoms with Crippen molar-refractivity contribution in [2.24, 2.45) is 0 Å². The van der Waals surface area contributed by atoms with E-state index in [9.17, 15) is 39.0 Å². The van der Waals surface area contributed by atoms with Gasteiger partial charge in [0.25, 0.3) is 0 Å². The standard InChI is InChI=1S/C26H26N2O10/c29-21(37-25(35)15-7-3-1-4-8-15)13-19(23(31)32)27-17-11-12-18(17)28-20(24(33)34)14-22(30)38-26(36)16-9-5-2-6-10-16/h1-10,17-20,27-28H,11-14H2,(H,31,32)(H,33,34)/t17?,18?,19-,20?/m0/s1. The molecule has 2 aromatic rings. The Labute approximate surface area is 216 Å². The fraction of sp³-hybridized carbons (Fsp3) is 0.308. The molecule has 2 aromatic carbocycles. The van der Waals surface area contributed by atoms with Gasteiger partial charge in [0.15, 0.2) is 0 Å². The second-order valence-electron chi connectivity index (χ2n) is 8.57. The highest BCUT2D eigenvalue weighted by atomic mass is 16.6. The van der Waals surface area contributed by atoms with Crippen LogP contribution in [0.2, 0.25) is 0 Å². The number of carbonyl (C=O) groups is 6. The third-order valence-corrected chi connectivity index (χ3v) is 5.87. The molecule has 1 aliphatic rings. The van der Waals surface area contributed by atoms with Crippen molar-refractivity contribution in [1.29, 1.82) is 0 Å². The third kappa shape index (κ3) is 8.05. The van der Waals surface area contributed by atoms with Crippen LogP contribution in [0.4, 0.5) is 0 Å². The second kappa shape index (κ2) is 13.2. The summed E-state index contributed by atoms with van der Waals surface area (Å²) in [5.74, 6) is -6.64. The first kappa shape index (κ1) is 28.2. The number of nitrogens with one attached hydrogen (secondary N) is 2.